The summed E-state index contributed by atoms with van der Waals surface area (Å²) in [6.07, 6.45) is 2.53. The van der Waals surface area contributed by atoms with Gasteiger partial charge in [0.15, 0.2) is 6.10 Å². The van der Waals surface area contributed by atoms with Crippen LogP contribution in [0, 0.1) is 5.92 Å². The van der Waals surface area contributed by atoms with Gasteiger partial charge in [-0.1, -0.05) is 43.6 Å². The number of nitrogens with one attached hydrogen (secondary N) is 1. The summed E-state index contributed by atoms with van der Waals surface area (Å²) in [6.45, 7) is 8.50. The van der Waals surface area contributed by atoms with Crippen LogP contribution < -0.4 is 15.0 Å². The van der Waals surface area contributed by atoms with Crippen LogP contribution in [0.3, 0.4) is 0 Å². The van der Waals surface area contributed by atoms with E-state index in [9.17, 15) is 4.79 Å². The quantitative estimate of drug-likeness (QED) is 0.640. The predicted octanol–water partition coefficient (Wildman–Crippen LogP) is 5.61. The predicted molar refractivity (Wildman–Crippen MR) is 120 cm³/mol. The Labute approximate surface area is 179 Å². The Morgan fingerprint density at radius 2 is 1.90 bits per heavy atom. The van der Waals surface area contributed by atoms with Gasteiger partial charge in [0.05, 0.1) is 6.04 Å². The lowest BCUT2D eigenvalue weighted by Gasteiger charge is -2.32. The Kier molecular flexibility index (Phi) is 7.43. The number of halogens is 1. The topological polar surface area (TPSA) is 41.6 Å². The highest BCUT2D eigenvalue weighted by atomic mass is 35.5. The highest BCUT2D eigenvalue weighted by Crippen LogP contribution is 2.25. The summed E-state index contributed by atoms with van der Waals surface area (Å²) in [6, 6.07) is 15.6. The number of ether oxygens (including phenoxy) is 1. The fourth-order valence-corrected chi connectivity index (χ4v) is 3.84. The van der Waals surface area contributed by atoms with Gasteiger partial charge in [-0.15, -0.1) is 0 Å². The maximum Gasteiger partial charge on any atom is 0.261 e. The molecule has 1 N–H and O–H groups in total. The summed E-state index contributed by atoms with van der Waals surface area (Å²) in [5, 5.41) is 3.67. The van der Waals surface area contributed by atoms with Crippen molar-refractivity contribution < 1.29 is 9.53 Å². The molecule has 4 nitrogen and oxygen atoms in total. The summed E-state index contributed by atoms with van der Waals surface area (Å²) in [7, 11) is 0. The van der Waals surface area contributed by atoms with Crippen LogP contribution in [0.25, 0.3) is 0 Å². The SMILES string of the molecule is CC[C@H](Oc1cccc(Cl)c1)C(=O)N[C@H](C)c1ccc(N2CCC(C)CC2)cc1. The van der Waals surface area contributed by atoms with Gasteiger partial charge in [-0.2, -0.15) is 0 Å². The second-order valence-corrected chi connectivity index (χ2v) is 8.40. The van der Waals surface area contributed by atoms with Crippen molar-refractivity contribution >= 4 is 23.2 Å². The second-order valence-electron chi connectivity index (χ2n) is 7.96. The zero-order chi connectivity index (χ0) is 20.8. The summed E-state index contributed by atoms with van der Waals surface area (Å²) in [5.74, 6) is 1.31. The molecule has 0 spiro atoms. The van der Waals surface area contributed by atoms with Crippen LogP contribution >= 0.6 is 11.6 Å². The normalized spacial score (nSPS) is 16.9. The van der Waals surface area contributed by atoms with Gasteiger partial charge in [0.2, 0.25) is 0 Å². The molecule has 0 radical (unpaired) electrons. The number of hydrogen-bond donors (Lipinski definition) is 1. The first-order chi connectivity index (χ1) is 14.0. The molecule has 1 saturated heterocycles. The summed E-state index contributed by atoms with van der Waals surface area (Å²) < 4.78 is 5.85. The van der Waals surface area contributed by atoms with Crippen LogP contribution in [-0.2, 0) is 4.79 Å². The molecule has 0 aliphatic carbocycles. The Morgan fingerprint density at radius 3 is 2.52 bits per heavy atom. The molecule has 2 aromatic carbocycles. The fraction of sp³-hybridized carbons (Fsp3) is 0.458. The maximum absolute atomic E-state index is 12.7. The van der Waals surface area contributed by atoms with Crippen LogP contribution in [0.2, 0.25) is 5.02 Å². The largest absolute Gasteiger partial charge is 0.481 e. The Hall–Kier alpha value is -2.20. The number of amides is 1. The van der Waals surface area contributed by atoms with Crippen LogP contribution in [0.4, 0.5) is 5.69 Å². The van der Waals surface area contributed by atoms with Crippen molar-refractivity contribution in [3.63, 3.8) is 0 Å². The molecule has 156 valence electrons. The molecule has 1 fully saturated rings. The van der Waals surface area contributed by atoms with E-state index in [1.807, 2.05) is 26.0 Å². The van der Waals surface area contributed by atoms with Gasteiger partial charge in [0, 0.05) is 23.8 Å². The Bertz CT molecular complexity index is 801. The molecule has 0 saturated carbocycles. The lowest BCUT2D eigenvalue weighted by molar-refractivity contribution is -0.128. The fourth-order valence-electron chi connectivity index (χ4n) is 3.66. The van der Waals surface area contributed by atoms with E-state index in [-0.39, 0.29) is 11.9 Å². The van der Waals surface area contributed by atoms with Crippen LogP contribution in [0.1, 0.15) is 51.6 Å². The molecule has 0 unspecified atom stereocenters. The van der Waals surface area contributed by atoms with E-state index in [2.05, 4.69) is 41.4 Å². The highest BCUT2D eigenvalue weighted by Gasteiger charge is 2.21. The van der Waals surface area contributed by atoms with E-state index in [0.29, 0.717) is 17.2 Å². The van der Waals surface area contributed by atoms with Gasteiger partial charge >= 0.3 is 0 Å². The van der Waals surface area contributed by atoms with Crippen molar-refractivity contribution in [1.29, 1.82) is 0 Å². The average Bonchev–Trinajstić information content (AvgIpc) is 2.72. The van der Waals surface area contributed by atoms with E-state index < -0.39 is 6.10 Å². The average molecular weight is 415 g/mol. The Morgan fingerprint density at radius 1 is 1.21 bits per heavy atom. The minimum absolute atomic E-state index is 0.0880. The molecule has 1 aliphatic heterocycles. The van der Waals surface area contributed by atoms with E-state index in [1.165, 1.54) is 18.5 Å². The molecule has 5 heteroatoms. The number of piperidine rings is 1. The number of benzene rings is 2. The van der Waals surface area contributed by atoms with E-state index in [4.69, 9.17) is 16.3 Å². The number of carbonyl (C=O) groups excluding carboxylic acids is 1. The van der Waals surface area contributed by atoms with Crippen molar-refractivity contribution in [3.05, 3.63) is 59.1 Å². The van der Waals surface area contributed by atoms with Gasteiger partial charge in [-0.05, 0) is 68.0 Å². The molecular formula is C24H31ClN2O2. The van der Waals surface area contributed by atoms with E-state index in [0.717, 1.165) is 24.6 Å². The van der Waals surface area contributed by atoms with Crippen molar-refractivity contribution in [2.45, 2.75) is 52.2 Å². The first-order valence-corrected chi connectivity index (χ1v) is 10.9. The van der Waals surface area contributed by atoms with Gasteiger partial charge in [0.25, 0.3) is 5.91 Å². The molecule has 1 amide bonds. The lowest BCUT2D eigenvalue weighted by Crippen LogP contribution is -2.39. The number of anilines is 1. The number of nitrogens with zero attached hydrogens (tertiary/aromatic N) is 1. The minimum Gasteiger partial charge on any atom is -0.481 e. The van der Waals surface area contributed by atoms with Crippen molar-refractivity contribution in [2.24, 2.45) is 5.92 Å². The molecule has 2 aromatic rings. The zero-order valence-corrected chi connectivity index (χ0v) is 18.3. The molecule has 3 rings (SSSR count). The monoisotopic (exact) mass is 414 g/mol. The van der Waals surface area contributed by atoms with Crippen molar-refractivity contribution in [2.75, 3.05) is 18.0 Å². The number of rotatable bonds is 7. The molecule has 0 aromatic heterocycles. The van der Waals surface area contributed by atoms with Crippen LogP contribution in [0.15, 0.2) is 48.5 Å². The highest BCUT2D eigenvalue weighted by molar-refractivity contribution is 6.30. The molecule has 0 bridgehead atoms. The third-order valence-electron chi connectivity index (χ3n) is 5.64. The first-order valence-electron chi connectivity index (χ1n) is 10.5. The summed E-state index contributed by atoms with van der Waals surface area (Å²) >= 11 is 6.01. The zero-order valence-electron chi connectivity index (χ0n) is 17.5. The first kappa shape index (κ1) is 21.5. The third-order valence-corrected chi connectivity index (χ3v) is 5.87. The minimum atomic E-state index is -0.550. The van der Waals surface area contributed by atoms with E-state index >= 15 is 0 Å². The van der Waals surface area contributed by atoms with Crippen LogP contribution in [-0.4, -0.2) is 25.1 Å². The van der Waals surface area contributed by atoms with Gasteiger partial charge in [0.1, 0.15) is 5.75 Å². The third kappa shape index (κ3) is 5.89. The Balaban J connectivity index is 1.58. The van der Waals surface area contributed by atoms with Gasteiger partial charge in [-0.25, -0.2) is 0 Å². The second kappa shape index (κ2) is 10.0. The lowest BCUT2D eigenvalue weighted by atomic mass is 9.98. The number of hydrogen-bond acceptors (Lipinski definition) is 3. The molecule has 2 atom stereocenters. The molecule has 1 heterocycles. The van der Waals surface area contributed by atoms with Gasteiger partial charge in [-0.3, -0.25) is 4.79 Å². The van der Waals surface area contributed by atoms with E-state index in [1.54, 1.807) is 12.1 Å². The number of carbonyl (C=O) groups is 1. The smallest absolute Gasteiger partial charge is 0.261 e. The van der Waals surface area contributed by atoms with Crippen molar-refractivity contribution in [3.8, 4) is 5.75 Å². The molecular weight excluding hydrogens is 384 g/mol. The van der Waals surface area contributed by atoms with Crippen molar-refractivity contribution in [1.82, 2.24) is 5.32 Å². The maximum atomic E-state index is 12.7. The molecule has 29 heavy (non-hydrogen) atoms. The summed E-state index contributed by atoms with van der Waals surface area (Å²) in [5.41, 5.74) is 2.35. The van der Waals surface area contributed by atoms with Gasteiger partial charge < -0.3 is 15.0 Å². The summed E-state index contributed by atoms with van der Waals surface area (Å²) in [4.78, 5) is 15.2. The molecule has 1 aliphatic rings. The van der Waals surface area contributed by atoms with Crippen LogP contribution in [0.5, 0.6) is 5.75 Å². The standard InChI is InChI=1S/C24H31ClN2O2/c1-4-23(29-22-7-5-6-20(25)16-22)24(28)26-18(3)19-8-10-21(11-9-19)27-14-12-17(2)13-15-27/h5-11,16-18,23H,4,12-15H2,1-3H3,(H,26,28)/t18-,23+/m1/s1.